The molecule has 1 rings (SSSR count). The Morgan fingerprint density at radius 2 is 1.79 bits per heavy atom. The van der Waals surface area contributed by atoms with E-state index in [0.29, 0.717) is 5.01 Å². The summed E-state index contributed by atoms with van der Waals surface area (Å²) >= 11 is 0. The van der Waals surface area contributed by atoms with E-state index in [1.165, 1.54) is 18.2 Å². The van der Waals surface area contributed by atoms with E-state index in [1.54, 1.807) is 0 Å². The highest BCUT2D eigenvalue weighted by Crippen LogP contribution is 2.13. The number of carbonyl (C=O) groups is 1. The molecule has 0 aliphatic rings. The van der Waals surface area contributed by atoms with Crippen molar-refractivity contribution in [2.75, 3.05) is 19.4 Å². The maximum Gasteiger partial charge on any atom is 0.275 e. The first kappa shape index (κ1) is 23.9. The van der Waals surface area contributed by atoms with Crippen LogP contribution in [0.5, 0.6) is 0 Å². The fourth-order valence-electron chi connectivity index (χ4n) is 2.12. The van der Waals surface area contributed by atoms with Gasteiger partial charge in [-0.1, -0.05) is 6.07 Å². The molecule has 12 nitrogen and oxygen atoms in total. The molecule has 0 radical (unpaired) electrons. The molecule has 1 aromatic rings. The lowest BCUT2D eigenvalue weighted by molar-refractivity contribution is -0.115. The van der Waals surface area contributed by atoms with Crippen molar-refractivity contribution in [1.29, 1.82) is 5.41 Å². The first-order valence-electron chi connectivity index (χ1n) is 7.95. The quantitative estimate of drug-likeness (QED) is 0.111. The summed E-state index contributed by atoms with van der Waals surface area (Å²) in [5, 5.41) is 55.2. The summed E-state index contributed by atoms with van der Waals surface area (Å²) < 4.78 is 23.2. The number of carbonyl (C=O) groups excluding carboxylic acids is 1. The molecule has 0 bridgehead atoms. The number of hydrogen-bond acceptors (Lipinski definition) is 10. The number of benzene rings is 1. The minimum atomic E-state index is -3.58. The van der Waals surface area contributed by atoms with E-state index in [-0.39, 0.29) is 10.5 Å². The van der Waals surface area contributed by atoms with Crippen LogP contribution in [0.1, 0.15) is 10.4 Å². The van der Waals surface area contributed by atoms with Crippen molar-refractivity contribution in [3.63, 3.8) is 0 Å². The second-order valence-corrected chi connectivity index (χ2v) is 8.00. The molecule has 0 saturated carbocycles. The number of rotatable bonds is 9. The van der Waals surface area contributed by atoms with E-state index in [2.05, 4.69) is 5.43 Å². The maximum absolute atomic E-state index is 12.5. The monoisotopic (exact) mass is 420 g/mol. The number of nitrogens with two attached hydrogens (primary N) is 1. The van der Waals surface area contributed by atoms with Gasteiger partial charge in [-0.05, 0) is 18.2 Å². The molecule has 28 heavy (non-hydrogen) atoms. The SMILES string of the molecule is CS(=O)(=O)c1cccc(C(=O)N(NC[C@@H](O)[C@@H](O)[C@H](O)[C@H](O)CO)C(=N)N)c1. The van der Waals surface area contributed by atoms with E-state index in [4.69, 9.17) is 16.2 Å². The summed E-state index contributed by atoms with van der Waals surface area (Å²) in [6.07, 6.45) is -6.20. The lowest BCUT2D eigenvalue weighted by Gasteiger charge is -2.28. The van der Waals surface area contributed by atoms with Crippen molar-refractivity contribution in [2.45, 2.75) is 29.3 Å². The van der Waals surface area contributed by atoms with Crippen LogP contribution in [0.2, 0.25) is 0 Å². The largest absolute Gasteiger partial charge is 0.394 e. The minimum absolute atomic E-state index is 0.114. The Morgan fingerprint density at radius 1 is 1.21 bits per heavy atom. The number of amides is 1. The summed E-state index contributed by atoms with van der Waals surface area (Å²) in [5.41, 5.74) is 7.51. The summed E-state index contributed by atoms with van der Waals surface area (Å²) in [4.78, 5) is 12.4. The number of aliphatic hydroxyl groups is 5. The minimum Gasteiger partial charge on any atom is -0.394 e. The lowest BCUT2D eigenvalue weighted by atomic mass is 10.0. The van der Waals surface area contributed by atoms with Crippen molar-refractivity contribution in [1.82, 2.24) is 10.4 Å². The molecular weight excluding hydrogens is 396 g/mol. The predicted molar refractivity (Wildman–Crippen MR) is 96.8 cm³/mol. The van der Waals surface area contributed by atoms with Crippen LogP contribution < -0.4 is 11.2 Å². The molecule has 9 N–H and O–H groups in total. The Bertz CT molecular complexity index is 803. The van der Waals surface area contributed by atoms with E-state index < -0.39 is 59.3 Å². The van der Waals surface area contributed by atoms with Crippen LogP contribution in [0.4, 0.5) is 0 Å². The zero-order valence-electron chi connectivity index (χ0n) is 14.9. The Balaban J connectivity index is 2.92. The van der Waals surface area contributed by atoms with Crippen molar-refractivity contribution in [2.24, 2.45) is 5.73 Å². The highest BCUT2D eigenvalue weighted by molar-refractivity contribution is 7.90. The molecule has 0 saturated heterocycles. The third kappa shape index (κ3) is 6.20. The molecule has 13 heteroatoms. The number of guanidine groups is 1. The number of sulfone groups is 1. The Kier molecular flexibility index (Phi) is 8.44. The fourth-order valence-corrected chi connectivity index (χ4v) is 2.79. The van der Waals surface area contributed by atoms with Gasteiger partial charge in [0.25, 0.3) is 5.91 Å². The number of nitrogens with one attached hydrogen (secondary N) is 2. The molecule has 1 amide bonds. The van der Waals surface area contributed by atoms with Crippen LogP contribution in [-0.2, 0) is 9.84 Å². The van der Waals surface area contributed by atoms with E-state index in [1.807, 2.05) is 0 Å². The van der Waals surface area contributed by atoms with Gasteiger partial charge in [-0.15, -0.1) is 0 Å². The van der Waals surface area contributed by atoms with Gasteiger partial charge in [-0.2, -0.15) is 0 Å². The number of nitrogens with zero attached hydrogens (tertiary/aromatic N) is 1. The molecule has 0 aliphatic heterocycles. The zero-order valence-corrected chi connectivity index (χ0v) is 15.7. The van der Waals surface area contributed by atoms with Crippen LogP contribution in [-0.4, -0.2) is 94.6 Å². The summed E-state index contributed by atoms with van der Waals surface area (Å²) in [6.45, 7) is -1.43. The molecule has 1 aromatic carbocycles. The topological polar surface area (TPSA) is 218 Å². The van der Waals surface area contributed by atoms with Crippen molar-refractivity contribution >= 4 is 21.7 Å². The highest BCUT2D eigenvalue weighted by Gasteiger charge is 2.31. The molecular formula is C15H24N4O8S. The van der Waals surface area contributed by atoms with Gasteiger partial charge in [0, 0.05) is 18.4 Å². The van der Waals surface area contributed by atoms with Crippen LogP contribution >= 0.6 is 0 Å². The normalized spacial score (nSPS) is 16.1. The summed E-state index contributed by atoms with van der Waals surface area (Å²) in [5.74, 6) is -1.69. The van der Waals surface area contributed by atoms with Gasteiger partial charge < -0.3 is 31.3 Å². The summed E-state index contributed by atoms with van der Waals surface area (Å²) in [7, 11) is -3.58. The van der Waals surface area contributed by atoms with Crippen molar-refractivity contribution < 1.29 is 38.7 Å². The average molecular weight is 420 g/mol. The molecule has 158 valence electrons. The van der Waals surface area contributed by atoms with Gasteiger partial charge in [0.15, 0.2) is 9.84 Å². The van der Waals surface area contributed by atoms with Crippen LogP contribution in [0.3, 0.4) is 0 Å². The standard InChI is InChI=1S/C15H24N4O8S/c1-28(26,27)9-4-2-3-8(5-9)14(25)19(15(16)17)18-6-10(21)12(23)13(24)11(22)7-20/h2-5,10-13,18,20-24H,6-7H2,1H3,(H3,16,17)/t10-,11-,12-,13-/m1/s1. The van der Waals surface area contributed by atoms with Gasteiger partial charge in [0.05, 0.1) is 17.6 Å². The number of aliphatic hydroxyl groups excluding tert-OH is 5. The highest BCUT2D eigenvalue weighted by atomic mass is 32.2. The van der Waals surface area contributed by atoms with Gasteiger partial charge in [-0.25, -0.2) is 18.9 Å². The van der Waals surface area contributed by atoms with Crippen molar-refractivity contribution in [3.8, 4) is 0 Å². The van der Waals surface area contributed by atoms with E-state index in [0.717, 1.165) is 12.3 Å². The smallest absolute Gasteiger partial charge is 0.275 e. The Hall–Kier alpha value is -2.13. The molecule has 0 unspecified atom stereocenters. The van der Waals surface area contributed by atoms with Crippen molar-refractivity contribution in [3.05, 3.63) is 29.8 Å². The molecule has 4 atom stereocenters. The Morgan fingerprint density at radius 3 is 2.29 bits per heavy atom. The number of hydrogen-bond donors (Lipinski definition) is 8. The maximum atomic E-state index is 12.5. The van der Waals surface area contributed by atoms with Crippen LogP contribution in [0.15, 0.2) is 29.2 Å². The Labute approximate surface area is 161 Å². The lowest BCUT2D eigenvalue weighted by Crippen LogP contribution is -2.55. The van der Waals surface area contributed by atoms with Gasteiger partial charge in [-0.3, -0.25) is 10.2 Å². The van der Waals surface area contributed by atoms with Gasteiger partial charge in [0.2, 0.25) is 5.96 Å². The third-order valence-corrected chi connectivity index (χ3v) is 4.85. The molecule has 0 fully saturated rings. The molecule has 0 heterocycles. The first-order valence-corrected chi connectivity index (χ1v) is 9.84. The molecule has 0 aliphatic carbocycles. The molecule has 0 spiro atoms. The summed E-state index contributed by atoms with van der Waals surface area (Å²) in [6, 6.07) is 4.99. The van der Waals surface area contributed by atoms with Crippen LogP contribution in [0.25, 0.3) is 0 Å². The van der Waals surface area contributed by atoms with Gasteiger partial charge >= 0.3 is 0 Å². The molecule has 0 aromatic heterocycles. The fraction of sp³-hybridized carbons (Fsp3) is 0.467. The third-order valence-electron chi connectivity index (χ3n) is 3.74. The second kappa shape index (κ2) is 9.88. The van der Waals surface area contributed by atoms with Gasteiger partial charge in [0.1, 0.15) is 18.3 Å². The van der Waals surface area contributed by atoms with E-state index >= 15 is 0 Å². The second-order valence-electron chi connectivity index (χ2n) is 5.99. The van der Waals surface area contributed by atoms with Crippen LogP contribution in [0, 0.1) is 5.41 Å². The van der Waals surface area contributed by atoms with E-state index in [9.17, 15) is 33.6 Å². The first-order chi connectivity index (χ1) is 12.9. The zero-order chi connectivity index (χ0) is 21.6. The average Bonchev–Trinajstić information content (AvgIpc) is 2.64. The predicted octanol–water partition coefficient (Wildman–Crippen LogP) is -3.63. The number of hydrazine groups is 1.